The molecule has 0 bridgehead atoms. The summed E-state index contributed by atoms with van der Waals surface area (Å²) in [5.41, 5.74) is 0. The average Bonchev–Trinajstić information content (AvgIpc) is 2.31. The number of rotatable bonds is 12. The van der Waals surface area contributed by atoms with Crippen molar-refractivity contribution >= 4 is 0 Å². The Labute approximate surface area is 120 Å². The highest BCUT2D eigenvalue weighted by atomic mass is 19.4. The van der Waals surface area contributed by atoms with Gasteiger partial charge in [0.05, 0.1) is 6.61 Å². The molecule has 0 saturated heterocycles. The van der Waals surface area contributed by atoms with Crippen molar-refractivity contribution in [2.75, 3.05) is 40.0 Å². The minimum absolute atomic E-state index is 0.173. The number of ether oxygens (including phenoxy) is 2. The lowest BCUT2D eigenvalue weighted by Crippen LogP contribution is -2.27. The molecule has 6 heteroatoms. The highest BCUT2D eigenvalue weighted by Gasteiger charge is 2.27. The third-order valence-electron chi connectivity index (χ3n) is 2.89. The number of halogens is 3. The topological polar surface area (TPSA) is 30.5 Å². The van der Waals surface area contributed by atoms with E-state index >= 15 is 0 Å². The molecule has 0 aliphatic heterocycles. The lowest BCUT2D eigenvalue weighted by Gasteiger charge is -2.19. The van der Waals surface area contributed by atoms with Gasteiger partial charge in [0.15, 0.2) is 0 Å². The summed E-state index contributed by atoms with van der Waals surface area (Å²) >= 11 is 0. The van der Waals surface area contributed by atoms with Crippen LogP contribution in [-0.2, 0) is 9.47 Å². The molecule has 0 aliphatic rings. The molecule has 0 radical (unpaired) electrons. The summed E-state index contributed by atoms with van der Waals surface area (Å²) in [5.74, 6) is 1.06. The molecule has 0 aromatic heterocycles. The predicted octanol–water partition coefficient (Wildman–Crippen LogP) is 3.24. The Morgan fingerprint density at radius 2 is 1.85 bits per heavy atom. The number of hydrogen-bond donors (Lipinski definition) is 1. The van der Waals surface area contributed by atoms with Crippen molar-refractivity contribution in [3.05, 3.63) is 0 Å². The van der Waals surface area contributed by atoms with Gasteiger partial charge in [-0.3, -0.25) is 0 Å². The molecular formula is C14H28F3NO2. The van der Waals surface area contributed by atoms with Crippen molar-refractivity contribution in [1.82, 2.24) is 5.32 Å². The molecule has 0 amide bonds. The summed E-state index contributed by atoms with van der Waals surface area (Å²) in [4.78, 5) is 0. The van der Waals surface area contributed by atoms with E-state index in [2.05, 4.69) is 23.9 Å². The predicted molar refractivity (Wildman–Crippen MR) is 73.8 cm³/mol. The largest absolute Gasteiger partial charge is 0.411 e. The Morgan fingerprint density at radius 1 is 1.15 bits per heavy atom. The first-order valence-electron chi connectivity index (χ1n) is 7.19. The maximum atomic E-state index is 11.9. The highest BCUT2D eigenvalue weighted by Crippen LogP contribution is 2.18. The van der Waals surface area contributed by atoms with Gasteiger partial charge in [-0.15, -0.1) is 0 Å². The summed E-state index contributed by atoms with van der Waals surface area (Å²) in [6.45, 7) is 5.68. The van der Waals surface area contributed by atoms with Gasteiger partial charge in [-0.05, 0) is 37.6 Å². The quantitative estimate of drug-likeness (QED) is 0.561. The van der Waals surface area contributed by atoms with Gasteiger partial charge >= 0.3 is 6.18 Å². The van der Waals surface area contributed by atoms with Crippen LogP contribution in [0.5, 0.6) is 0 Å². The van der Waals surface area contributed by atoms with E-state index in [0.717, 1.165) is 25.9 Å². The Kier molecular flexibility index (Phi) is 11.2. The minimum atomic E-state index is -4.22. The van der Waals surface area contributed by atoms with Crippen LogP contribution in [0, 0.1) is 11.8 Å². The molecule has 0 aliphatic carbocycles. The molecule has 0 fully saturated rings. The maximum Gasteiger partial charge on any atom is 0.411 e. The van der Waals surface area contributed by atoms with Crippen molar-refractivity contribution in [3.8, 4) is 0 Å². The Balaban J connectivity index is 3.74. The van der Waals surface area contributed by atoms with Crippen LogP contribution in [0.3, 0.4) is 0 Å². The molecule has 0 heterocycles. The van der Waals surface area contributed by atoms with E-state index < -0.39 is 12.8 Å². The van der Waals surface area contributed by atoms with Crippen LogP contribution in [0.15, 0.2) is 0 Å². The summed E-state index contributed by atoms with van der Waals surface area (Å²) < 4.78 is 45.3. The third kappa shape index (κ3) is 14.1. The summed E-state index contributed by atoms with van der Waals surface area (Å²) in [5, 5.41) is 3.31. The minimum Gasteiger partial charge on any atom is -0.383 e. The first-order valence-corrected chi connectivity index (χ1v) is 7.19. The van der Waals surface area contributed by atoms with Crippen molar-refractivity contribution in [2.24, 2.45) is 11.8 Å². The second-order valence-electron chi connectivity index (χ2n) is 5.50. The zero-order valence-electron chi connectivity index (χ0n) is 12.8. The van der Waals surface area contributed by atoms with Crippen LogP contribution in [0.4, 0.5) is 13.2 Å². The Bertz CT molecular complexity index is 223. The van der Waals surface area contributed by atoms with Gasteiger partial charge in [0, 0.05) is 20.3 Å². The Morgan fingerprint density at radius 3 is 2.40 bits per heavy atom. The van der Waals surface area contributed by atoms with E-state index in [1.54, 1.807) is 7.11 Å². The van der Waals surface area contributed by atoms with E-state index in [1.807, 2.05) is 0 Å². The lowest BCUT2D eigenvalue weighted by molar-refractivity contribution is -0.174. The molecule has 0 aromatic carbocycles. The fourth-order valence-electron chi connectivity index (χ4n) is 2.11. The van der Waals surface area contributed by atoms with E-state index in [0.29, 0.717) is 24.9 Å². The molecule has 0 rings (SSSR count). The normalized spacial score (nSPS) is 13.9. The fourth-order valence-corrected chi connectivity index (χ4v) is 2.11. The molecule has 0 aromatic rings. The molecule has 0 spiro atoms. The highest BCUT2D eigenvalue weighted by molar-refractivity contribution is 4.65. The van der Waals surface area contributed by atoms with Crippen molar-refractivity contribution in [1.29, 1.82) is 0 Å². The standard InChI is InChI=1S/C14H28F3NO2/c1-12(2)9-13(10-18-6-8-19-3)5-4-7-20-11-14(15,16)17/h12-13,18H,4-11H2,1-3H3. The van der Waals surface area contributed by atoms with Crippen LogP contribution in [-0.4, -0.2) is 46.2 Å². The van der Waals surface area contributed by atoms with Crippen molar-refractivity contribution in [2.45, 2.75) is 39.3 Å². The monoisotopic (exact) mass is 299 g/mol. The van der Waals surface area contributed by atoms with Crippen molar-refractivity contribution in [3.63, 3.8) is 0 Å². The smallest absolute Gasteiger partial charge is 0.383 e. The molecule has 1 unspecified atom stereocenters. The van der Waals surface area contributed by atoms with Crippen LogP contribution < -0.4 is 5.32 Å². The van der Waals surface area contributed by atoms with Crippen LogP contribution in [0.2, 0.25) is 0 Å². The SMILES string of the molecule is COCCNCC(CCCOCC(F)(F)F)CC(C)C. The zero-order chi connectivity index (χ0) is 15.4. The van der Waals surface area contributed by atoms with Gasteiger partial charge in [-0.1, -0.05) is 13.8 Å². The molecule has 1 atom stereocenters. The second kappa shape index (κ2) is 11.3. The van der Waals surface area contributed by atoms with Crippen LogP contribution >= 0.6 is 0 Å². The van der Waals surface area contributed by atoms with E-state index in [9.17, 15) is 13.2 Å². The van der Waals surface area contributed by atoms with Gasteiger partial charge in [-0.25, -0.2) is 0 Å². The van der Waals surface area contributed by atoms with Gasteiger partial charge in [-0.2, -0.15) is 13.2 Å². The van der Waals surface area contributed by atoms with E-state index in [-0.39, 0.29) is 6.61 Å². The van der Waals surface area contributed by atoms with Crippen molar-refractivity contribution < 1.29 is 22.6 Å². The Hall–Kier alpha value is -0.330. The zero-order valence-corrected chi connectivity index (χ0v) is 12.8. The summed E-state index contributed by atoms with van der Waals surface area (Å²) in [6, 6.07) is 0. The number of hydrogen-bond acceptors (Lipinski definition) is 3. The third-order valence-corrected chi connectivity index (χ3v) is 2.89. The van der Waals surface area contributed by atoms with Gasteiger partial charge < -0.3 is 14.8 Å². The number of alkyl halides is 3. The molecule has 122 valence electrons. The summed E-state index contributed by atoms with van der Waals surface area (Å²) in [6.07, 6.45) is -1.60. The molecule has 0 saturated carbocycles. The van der Waals surface area contributed by atoms with Crippen LogP contribution in [0.1, 0.15) is 33.1 Å². The van der Waals surface area contributed by atoms with Gasteiger partial charge in [0.2, 0.25) is 0 Å². The van der Waals surface area contributed by atoms with E-state index in [1.165, 1.54) is 0 Å². The first kappa shape index (κ1) is 19.7. The summed E-state index contributed by atoms with van der Waals surface area (Å²) in [7, 11) is 1.66. The maximum absolute atomic E-state index is 11.9. The molecular weight excluding hydrogens is 271 g/mol. The lowest BCUT2D eigenvalue weighted by atomic mass is 9.93. The molecule has 20 heavy (non-hydrogen) atoms. The number of nitrogens with one attached hydrogen (secondary N) is 1. The van der Waals surface area contributed by atoms with Gasteiger partial charge in [0.25, 0.3) is 0 Å². The molecule has 3 nitrogen and oxygen atoms in total. The van der Waals surface area contributed by atoms with Crippen LogP contribution in [0.25, 0.3) is 0 Å². The number of methoxy groups -OCH3 is 1. The fraction of sp³-hybridized carbons (Fsp3) is 1.00. The average molecular weight is 299 g/mol. The molecule has 1 N–H and O–H groups in total. The van der Waals surface area contributed by atoms with Gasteiger partial charge in [0.1, 0.15) is 6.61 Å². The second-order valence-corrected chi connectivity index (χ2v) is 5.50. The first-order chi connectivity index (χ1) is 9.35. The van der Waals surface area contributed by atoms with E-state index in [4.69, 9.17) is 4.74 Å².